The van der Waals surface area contributed by atoms with Gasteiger partial charge in [0.1, 0.15) is 22.8 Å². The maximum atomic E-state index is 13.2. The molecule has 7 heteroatoms. The lowest BCUT2D eigenvalue weighted by Gasteiger charge is -2.41. The summed E-state index contributed by atoms with van der Waals surface area (Å²) in [5.41, 5.74) is 1.20. The molecule has 0 N–H and O–H groups in total. The summed E-state index contributed by atoms with van der Waals surface area (Å²) in [4.78, 5) is 24.5. The van der Waals surface area contributed by atoms with Crippen LogP contribution in [0, 0.1) is 0 Å². The third kappa shape index (κ3) is 4.06. The van der Waals surface area contributed by atoms with Crippen LogP contribution in [-0.2, 0) is 6.42 Å². The van der Waals surface area contributed by atoms with Crippen LogP contribution in [0.1, 0.15) is 44.9 Å². The first-order valence-electron chi connectivity index (χ1n) is 11.2. The lowest BCUT2D eigenvalue weighted by atomic mass is 9.90. The van der Waals surface area contributed by atoms with Crippen LogP contribution in [0.4, 0.5) is 0 Å². The van der Waals surface area contributed by atoms with E-state index in [1.807, 2.05) is 31.2 Å². The van der Waals surface area contributed by atoms with Crippen molar-refractivity contribution in [2.75, 3.05) is 13.1 Å². The van der Waals surface area contributed by atoms with Gasteiger partial charge in [0, 0.05) is 25.6 Å². The molecule has 162 valence electrons. The molecular formula is C24H27ClN4O2. The summed E-state index contributed by atoms with van der Waals surface area (Å²) in [5.74, 6) is 1.54. The molecule has 3 aromatic rings. The molecule has 1 aromatic carbocycles. The third-order valence-electron chi connectivity index (χ3n) is 6.57. The summed E-state index contributed by atoms with van der Waals surface area (Å²) in [7, 11) is 0. The van der Waals surface area contributed by atoms with E-state index >= 15 is 0 Å². The number of aryl methyl sites for hydroxylation is 1. The highest BCUT2D eigenvalue weighted by Gasteiger charge is 2.29. The molecule has 0 atom stereocenters. The van der Waals surface area contributed by atoms with E-state index in [0.717, 1.165) is 43.4 Å². The van der Waals surface area contributed by atoms with Crippen molar-refractivity contribution in [3.63, 3.8) is 0 Å². The lowest BCUT2D eigenvalue weighted by molar-refractivity contribution is 0.0493. The zero-order valence-corrected chi connectivity index (χ0v) is 18.5. The number of halogens is 1. The number of rotatable bonds is 5. The van der Waals surface area contributed by atoms with E-state index in [4.69, 9.17) is 16.3 Å². The third-order valence-corrected chi connectivity index (χ3v) is 6.78. The highest BCUT2D eigenvalue weighted by Crippen LogP contribution is 2.29. The van der Waals surface area contributed by atoms with E-state index in [9.17, 15) is 4.79 Å². The van der Waals surface area contributed by atoms with Crippen LogP contribution in [0.2, 0.25) is 5.15 Å². The second-order valence-electron chi connectivity index (χ2n) is 8.48. The van der Waals surface area contributed by atoms with Crippen LogP contribution in [0.15, 0.2) is 41.3 Å². The van der Waals surface area contributed by atoms with Gasteiger partial charge in [-0.25, -0.2) is 9.97 Å². The normalized spacial score (nSPS) is 18.3. The van der Waals surface area contributed by atoms with Gasteiger partial charge >= 0.3 is 0 Å². The largest absolute Gasteiger partial charge is 0.490 e. The van der Waals surface area contributed by atoms with Crippen LogP contribution in [0.5, 0.6) is 5.75 Å². The molecule has 2 fully saturated rings. The Morgan fingerprint density at radius 1 is 1.13 bits per heavy atom. The van der Waals surface area contributed by atoms with Crippen molar-refractivity contribution in [1.82, 2.24) is 19.4 Å². The Kier molecular flexibility index (Phi) is 5.67. The Morgan fingerprint density at radius 3 is 2.52 bits per heavy atom. The van der Waals surface area contributed by atoms with Crippen molar-refractivity contribution in [2.45, 2.75) is 57.6 Å². The molecule has 2 aromatic heterocycles. The van der Waals surface area contributed by atoms with E-state index in [0.29, 0.717) is 23.1 Å². The van der Waals surface area contributed by atoms with Crippen LogP contribution < -0.4 is 10.3 Å². The number of likely N-dealkylation sites (tertiary alicyclic amines) is 1. The molecule has 1 saturated heterocycles. The van der Waals surface area contributed by atoms with Crippen molar-refractivity contribution >= 4 is 22.5 Å². The van der Waals surface area contributed by atoms with Gasteiger partial charge in [0.25, 0.3) is 5.56 Å². The molecule has 1 aliphatic heterocycles. The van der Waals surface area contributed by atoms with Crippen molar-refractivity contribution < 1.29 is 4.74 Å². The number of hydrogen-bond donors (Lipinski definition) is 0. The van der Waals surface area contributed by atoms with Gasteiger partial charge in [-0.05, 0) is 56.0 Å². The number of ether oxygens (including phenoxy) is 1. The molecule has 2 aliphatic rings. The highest BCUT2D eigenvalue weighted by atomic mass is 35.5. The van der Waals surface area contributed by atoms with Gasteiger partial charge in [-0.1, -0.05) is 24.9 Å². The number of piperidine rings is 1. The topological polar surface area (TPSA) is 60.3 Å². The molecule has 31 heavy (non-hydrogen) atoms. The zero-order chi connectivity index (χ0) is 21.4. The lowest BCUT2D eigenvalue weighted by Crippen LogP contribution is -2.46. The van der Waals surface area contributed by atoms with Crippen molar-refractivity contribution in [2.24, 2.45) is 0 Å². The zero-order valence-electron chi connectivity index (χ0n) is 17.8. The fourth-order valence-corrected chi connectivity index (χ4v) is 4.75. The van der Waals surface area contributed by atoms with E-state index in [1.54, 1.807) is 16.8 Å². The summed E-state index contributed by atoms with van der Waals surface area (Å²) in [6, 6.07) is 10.1. The average molecular weight is 439 g/mol. The molecule has 1 aliphatic carbocycles. The highest BCUT2D eigenvalue weighted by molar-refractivity contribution is 6.30. The Morgan fingerprint density at radius 2 is 1.87 bits per heavy atom. The quantitative estimate of drug-likeness (QED) is 0.553. The van der Waals surface area contributed by atoms with E-state index < -0.39 is 0 Å². The number of benzene rings is 1. The first-order valence-corrected chi connectivity index (χ1v) is 11.6. The molecule has 1 saturated carbocycles. The van der Waals surface area contributed by atoms with Crippen molar-refractivity contribution in [3.05, 3.63) is 57.9 Å². The fraction of sp³-hybridized carbons (Fsp3) is 0.458. The van der Waals surface area contributed by atoms with E-state index in [2.05, 4.69) is 14.9 Å². The second kappa shape index (κ2) is 8.60. The standard InChI is InChI=1S/C24H27ClN4O2/c1-2-23-27-21-15-26-22(25)14-20(21)24(30)29(23)17-6-8-18(9-7-17)31-19-10-12-28(13-11-19)16-4-3-5-16/h6-9,14-16,19H,2-5,10-13H2,1H3. The molecule has 0 bridgehead atoms. The molecule has 5 rings (SSSR count). The van der Waals surface area contributed by atoms with Gasteiger partial charge < -0.3 is 9.64 Å². The van der Waals surface area contributed by atoms with Crippen molar-refractivity contribution in [1.29, 1.82) is 0 Å². The van der Waals surface area contributed by atoms with Gasteiger partial charge in [-0.2, -0.15) is 0 Å². The SMILES string of the molecule is CCc1nc2cnc(Cl)cc2c(=O)n1-c1ccc(OC2CCN(C3CCC3)CC2)cc1. The molecule has 3 heterocycles. The molecule has 0 spiro atoms. The Balaban J connectivity index is 1.35. The molecule has 6 nitrogen and oxygen atoms in total. The van der Waals surface area contributed by atoms with Crippen LogP contribution in [0.3, 0.4) is 0 Å². The Hall–Kier alpha value is -2.44. The minimum absolute atomic E-state index is 0.136. The number of aromatic nitrogens is 3. The fourth-order valence-electron chi connectivity index (χ4n) is 4.59. The molecule has 0 radical (unpaired) electrons. The number of hydrogen-bond acceptors (Lipinski definition) is 5. The first-order chi connectivity index (χ1) is 15.1. The summed E-state index contributed by atoms with van der Waals surface area (Å²) >= 11 is 6.01. The minimum atomic E-state index is -0.136. The predicted molar refractivity (Wildman–Crippen MR) is 122 cm³/mol. The molecular weight excluding hydrogens is 412 g/mol. The Labute approximate surface area is 186 Å². The minimum Gasteiger partial charge on any atom is -0.490 e. The van der Waals surface area contributed by atoms with Gasteiger partial charge in [0.2, 0.25) is 0 Å². The van der Waals surface area contributed by atoms with Gasteiger partial charge in [-0.15, -0.1) is 0 Å². The number of fused-ring (bicyclic) bond motifs is 1. The summed E-state index contributed by atoms with van der Waals surface area (Å²) in [5, 5.41) is 0.755. The number of nitrogens with zero attached hydrogens (tertiary/aromatic N) is 4. The first kappa shape index (κ1) is 20.5. The van der Waals surface area contributed by atoms with Gasteiger partial charge in [-0.3, -0.25) is 9.36 Å². The van der Waals surface area contributed by atoms with E-state index in [1.165, 1.54) is 19.3 Å². The average Bonchev–Trinajstić information content (AvgIpc) is 2.75. The summed E-state index contributed by atoms with van der Waals surface area (Å²) < 4.78 is 7.90. The maximum absolute atomic E-state index is 13.2. The summed E-state index contributed by atoms with van der Waals surface area (Å²) in [6.45, 7) is 4.24. The predicted octanol–water partition coefficient (Wildman–Crippen LogP) is 4.39. The van der Waals surface area contributed by atoms with Crippen LogP contribution in [0.25, 0.3) is 16.6 Å². The van der Waals surface area contributed by atoms with Gasteiger partial charge in [0.05, 0.1) is 22.8 Å². The molecule has 0 amide bonds. The van der Waals surface area contributed by atoms with Crippen LogP contribution in [-0.4, -0.2) is 44.7 Å². The maximum Gasteiger partial charge on any atom is 0.266 e. The van der Waals surface area contributed by atoms with Crippen LogP contribution >= 0.6 is 11.6 Å². The number of pyridine rings is 1. The van der Waals surface area contributed by atoms with Gasteiger partial charge in [0.15, 0.2) is 0 Å². The monoisotopic (exact) mass is 438 g/mol. The summed E-state index contributed by atoms with van der Waals surface area (Å²) in [6.07, 6.45) is 8.68. The Bertz CT molecular complexity index is 1130. The second-order valence-corrected chi connectivity index (χ2v) is 8.87. The molecule has 0 unspecified atom stereocenters. The van der Waals surface area contributed by atoms with E-state index in [-0.39, 0.29) is 16.8 Å². The smallest absolute Gasteiger partial charge is 0.266 e. The van der Waals surface area contributed by atoms with Crippen molar-refractivity contribution in [3.8, 4) is 11.4 Å².